The lowest BCUT2D eigenvalue weighted by molar-refractivity contribution is -0.138. The number of hydrogen-bond donors (Lipinski definition) is 5. The van der Waals surface area contributed by atoms with Gasteiger partial charge in [-0.15, -0.1) is 23.3 Å². The number of carbonyl (C=O) groups is 2. The highest BCUT2D eigenvalue weighted by atomic mass is 33.1. The molecule has 3 unspecified atom stereocenters. The van der Waals surface area contributed by atoms with Gasteiger partial charge in [-0.1, -0.05) is 95.5 Å². The number of ether oxygens (including phenoxy) is 2. The third kappa shape index (κ3) is 33.6. The molecule has 1 heterocycles. The van der Waals surface area contributed by atoms with E-state index in [-0.39, 0.29) is 18.9 Å². The van der Waals surface area contributed by atoms with Crippen LogP contribution >= 0.6 is 32.7 Å². The summed E-state index contributed by atoms with van der Waals surface area (Å²) in [7, 11) is 4.05. The molecule has 1 fully saturated rings. The van der Waals surface area contributed by atoms with Crippen molar-refractivity contribution in [3.05, 3.63) is 90.6 Å². The number of amides is 1. The molecule has 0 aromatic heterocycles. The molecule has 0 bridgehead atoms. The van der Waals surface area contributed by atoms with Gasteiger partial charge in [0.2, 0.25) is 6.41 Å². The highest BCUT2D eigenvalue weighted by molar-refractivity contribution is 8.59. The first kappa shape index (κ1) is 44.6. The summed E-state index contributed by atoms with van der Waals surface area (Å²) in [5.74, 6) is 1.25. The van der Waals surface area contributed by atoms with E-state index >= 15 is 0 Å². The van der Waals surface area contributed by atoms with Crippen molar-refractivity contribution in [2.24, 2.45) is 11.5 Å². The van der Waals surface area contributed by atoms with Crippen molar-refractivity contribution < 1.29 is 23.9 Å². The monoisotopic (exact) mass is 614 g/mol. The molecule has 0 saturated carbocycles. The van der Waals surface area contributed by atoms with Crippen molar-refractivity contribution in [1.29, 1.82) is 0 Å². The molecule has 1 aliphatic rings. The lowest BCUT2D eigenvalue weighted by atomic mass is 10.1. The second kappa shape index (κ2) is 38.7. The molecular formula is C28H47N4O5PS2. The maximum Gasteiger partial charge on any atom is 0.293 e. The van der Waals surface area contributed by atoms with Crippen molar-refractivity contribution >= 4 is 51.5 Å². The third-order valence-electron chi connectivity index (χ3n) is 3.99. The quantitative estimate of drug-likeness (QED) is 0.105. The highest BCUT2D eigenvalue weighted by Gasteiger charge is 2.23. The minimum atomic E-state index is -0.295. The summed E-state index contributed by atoms with van der Waals surface area (Å²) in [6, 6.07) is 20.3. The van der Waals surface area contributed by atoms with Crippen molar-refractivity contribution in [2.45, 2.75) is 39.5 Å². The molecule has 9 nitrogen and oxygen atoms in total. The normalized spacial score (nSPS) is 14.6. The molecule has 1 amide bonds. The van der Waals surface area contributed by atoms with Crippen molar-refractivity contribution in [2.75, 3.05) is 26.7 Å². The Kier molecular flexibility index (Phi) is 43.1. The van der Waals surface area contributed by atoms with E-state index in [2.05, 4.69) is 74.1 Å². The fraction of sp³-hybridized carbons (Fsp3) is 0.357. The van der Waals surface area contributed by atoms with Crippen LogP contribution in [0.4, 0.5) is 0 Å². The number of nitrogens with two attached hydrogens (primary N) is 2. The number of aryl methyl sites for hydroxylation is 1. The van der Waals surface area contributed by atoms with E-state index in [1.54, 1.807) is 6.20 Å². The summed E-state index contributed by atoms with van der Waals surface area (Å²) in [5, 5.41) is 2.46. The average molecular weight is 615 g/mol. The number of nitrogens with zero attached hydrogens (tertiary/aromatic N) is 1. The molecule has 3 rings (SSSR count). The van der Waals surface area contributed by atoms with Crippen LogP contribution in [0.5, 0.6) is 0 Å². The van der Waals surface area contributed by atoms with Gasteiger partial charge in [-0.05, 0) is 38.7 Å². The molecule has 12 heteroatoms. The van der Waals surface area contributed by atoms with E-state index in [1.165, 1.54) is 24.1 Å². The topological polar surface area (TPSA) is 137 Å². The predicted molar refractivity (Wildman–Crippen MR) is 177 cm³/mol. The predicted octanol–water partition coefficient (Wildman–Crippen LogP) is 3.79. The Morgan fingerprint density at radius 3 is 2.00 bits per heavy atom. The molecule has 3 atom stereocenters. The van der Waals surface area contributed by atoms with Gasteiger partial charge in [0.15, 0.2) is 0 Å². The average Bonchev–Trinajstić information content (AvgIpc) is 2.99. The van der Waals surface area contributed by atoms with Crippen LogP contribution in [0.15, 0.2) is 79.5 Å². The first-order valence-electron chi connectivity index (χ1n) is 12.2. The second-order valence-corrected chi connectivity index (χ2v) is 7.59. The summed E-state index contributed by atoms with van der Waals surface area (Å²) in [6.07, 6.45) is 4.64. The number of nitrogens with one attached hydrogen (secondary N) is 1. The van der Waals surface area contributed by atoms with Crippen LogP contribution in [-0.2, 0) is 30.3 Å². The Bertz CT molecular complexity index is 837. The third-order valence-corrected chi connectivity index (χ3v) is 4.41. The van der Waals surface area contributed by atoms with E-state index in [4.69, 9.17) is 15.3 Å². The molecule has 0 spiro atoms. The van der Waals surface area contributed by atoms with Gasteiger partial charge in [0, 0.05) is 13.1 Å². The number of rotatable bonds is 7. The summed E-state index contributed by atoms with van der Waals surface area (Å²) in [5.41, 5.74) is 12.6. The first-order chi connectivity index (χ1) is 19.5. The van der Waals surface area contributed by atoms with E-state index in [1.807, 2.05) is 73.1 Å². The van der Waals surface area contributed by atoms with E-state index in [0.29, 0.717) is 26.0 Å². The van der Waals surface area contributed by atoms with Crippen LogP contribution in [0.2, 0.25) is 0 Å². The van der Waals surface area contributed by atoms with Crippen LogP contribution in [-0.4, -0.2) is 62.6 Å². The van der Waals surface area contributed by atoms with Crippen LogP contribution in [0, 0.1) is 6.92 Å². The maximum absolute atomic E-state index is 9.88. The summed E-state index contributed by atoms with van der Waals surface area (Å²) >= 11 is 6.44. The summed E-state index contributed by atoms with van der Waals surface area (Å²) in [6.45, 7) is 10.8. The minimum absolute atomic E-state index is 0.114. The molecule has 1 saturated heterocycles. The minimum Gasteiger partial charge on any atom is -0.465 e. The van der Waals surface area contributed by atoms with Crippen LogP contribution < -0.4 is 16.8 Å². The fourth-order valence-electron chi connectivity index (χ4n) is 2.59. The van der Waals surface area contributed by atoms with Gasteiger partial charge in [0.25, 0.3) is 6.47 Å². The van der Waals surface area contributed by atoms with Crippen LogP contribution in [0.1, 0.15) is 25.0 Å². The lowest BCUT2D eigenvalue weighted by Gasteiger charge is -2.33. The number of morpholine rings is 1. The summed E-state index contributed by atoms with van der Waals surface area (Å²) < 4.78 is 11.8. The fourth-order valence-corrected chi connectivity index (χ4v) is 3.03. The number of hydrogen-bond acceptors (Lipinski definition) is 10. The van der Waals surface area contributed by atoms with Gasteiger partial charge in [0.1, 0.15) is 24.9 Å². The van der Waals surface area contributed by atoms with E-state index in [9.17, 15) is 9.59 Å². The Hall–Kier alpha value is -2.46. The van der Waals surface area contributed by atoms with Crippen LogP contribution in [0.25, 0.3) is 0 Å². The van der Waals surface area contributed by atoms with Gasteiger partial charge >= 0.3 is 0 Å². The van der Waals surface area contributed by atoms with E-state index < -0.39 is 0 Å². The molecule has 2 aromatic rings. The van der Waals surface area contributed by atoms with Gasteiger partial charge in [-0.25, -0.2) is 4.79 Å². The van der Waals surface area contributed by atoms with Crippen molar-refractivity contribution in [3.63, 3.8) is 0 Å². The Labute approximate surface area is 253 Å². The molecular weight excluding hydrogens is 567 g/mol. The van der Waals surface area contributed by atoms with E-state index in [0.717, 1.165) is 6.42 Å². The first-order valence-corrected chi connectivity index (χ1v) is 14.4. The molecule has 2 aromatic carbocycles. The number of thiol groups is 2. The molecule has 226 valence electrons. The standard InChI is InChI=1S/C10H11NO.C7H8.C6H13N2O3P.C2H2O.C2H6.CH5N.H2S2/c12-9-11-8-4-7-10-5-2-1-3-6-10;1-7-5-3-2-4-6-7;7-6-2-8(12)1-5(11-6)3-10-4-9;1-2-3;3*1-2/h1-6,8-9H,7H2,(H,11,12);2-6H,1H3;4-6H,1-3,7,12H2;1H2;1-2H3;2H2,1H3;1-2H/b8-4-;;;;;;. The number of carbonyl (C=O) groups excluding carboxylic acids is 3. The molecule has 1 aliphatic heterocycles. The maximum atomic E-state index is 9.88. The Balaban J connectivity index is -0.000000216. The van der Waals surface area contributed by atoms with Gasteiger partial charge in [-0.3, -0.25) is 14.3 Å². The van der Waals surface area contributed by atoms with Gasteiger partial charge in [-0.2, -0.15) is 0 Å². The SMILES string of the molecule is C=C=O.CC.CN.Cc1ccccc1.NC1CN(P)CC(COC=O)O1.O=CN/C=C\Cc1ccccc1.SS. The van der Waals surface area contributed by atoms with Gasteiger partial charge in [0.05, 0.1) is 0 Å². The molecule has 40 heavy (non-hydrogen) atoms. The lowest BCUT2D eigenvalue weighted by Crippen LogP contribution is -2.48. The number of allylic oxidation sites excluding steroid dienone is 1. The molecule has 5 N–H and O–H groups in total. The van der Waals surface area contributed by atoms with Crippen LogP contribution in [0.3, 0.4) is 0 Å². The molecule has 0 radical (unpaired) electrons. The zero-order valence-corrected chi connectivity index (χ0v) is 26.8. The molecule has 0 aliphatic carbocycles. The zero-order chi connectivity index (χ0) is 31.4. The smallest absolute Gasteiger partial charge is 0.293 e. The van der Waals surface area contributed by atoms with Gasteiger partial charge < -0.3 is 26.3 Å². The summed E-state index contributed by atoms with van der Waals surface area (Å²) in [4.78, 5) is 28.3. The second-order valence-electron chi connectivity index (χ2n) is 6.86. The Morgan fingerprint density at radius 1 is 1.10 bits per heavy atom. The number of benzene rings is 2. The highest BCUT2D eigenvalue weighted by Crippen LogP contribution is 2.11. The van der Waals surface area contributed by atoms with Crippen molar-refractivity contribution in [3.8, 4) is 0 Å². The zero-order valence-electron chi connectivity index (χ0n) is 23.9. The Morgan fingerprint density at radius 2 is 1.60 bits per heavy atom. The largest absolute Gasteiger partial charge is 0.465 e. The van der Waals surface area contributed by atoms with Crippen molar-refractivity contribution in [1.82, 2.24) is 9.99 Å².